The van der Waals surface area contributed by atoms with Crippen molar-refractivity contribution in [3.8, 4) is 5.75 Å². The summed E-state index contributed by atoms with van der Waals surface area (Å²) in [6, 6.07) is 6.09. The average Bonchev–Trinajstić information content (AvgIpc) is 2.95. The van der Waals surface area contributed by atoms with Crippen LogP contribution in [0.4, 0.5) is 0 Å². The van der Waals surface area contributed by atoms with E-state index in [0.717, 1.165) is 24.9 Å². The zero-order valence-corrected chi connectivity index (χ0v) is 12.4. The largest absolute Gasteiger partial charge is 0.508 e. The van der Waals surface area contributed by atoms with Crippen molar-refractivity contribution in [3.63, 3.8) is 0 Å². The first-order valence-corrected chi connectivity index (χ1v) is 7.15. The van der Waals surface area contributed by atoms with Crippen molar-refractivity contribution >= 4 is 11.8 Å². The van der Waals surface area contributed by atoms with Crippen molar-refractivity contribution in [3.05, 3.63) is 29.8 Å². The molecule has 2 atom stereocenters. The fraction of sp³-hybridized carbons (Fsp3) is 0.500. The number of likely N-dealkylation sites (tertiary alicyclic amines) is 1. The number of carbonyl (C=O) groups is 2. The molecule has 1 aromatic rings. The average molecular weight is 291 g/mol. The van der Waals surface area contributed by atoms with Crippen LogP contribution in [0.5, 0.6) is 5.75 Å². The van der Waals surface area contributed by atoms with Crippen molar-refractivity contribution < 1.29 is 19.4 Å². The lowest BCUT2D eigenvalue weighted by molar-refractivity contribution is -0.148. The second-order valence-electron chi connectivity index (χ2n) is 5.42. The van der Waals surface area contributed by atoms with E-state index in [1.807, 2.05) is 4.90 Å². The summed E-state index contributed by atoms with van der Waals surface area (Å²) in [6.07, 6.45) is 2.17. The van der Waals surface area contributed by atoms with Gasteiger partial charge < -0.3 is 9.84 Å². The van der Waals surface area contributed by atoms with Crippen molar-refractivity contribution in [1.29, 1.82) is 0 Å². The van der Waals surface area contributed by atoms with Crippen LogP contribution in [-0.2, 0) is 20.7 Å². The molecule has 0 aromatic heterocycles. The summed E-state index contributed by atoms with van der Waals surface area (Å²) in [5.74, 6) is -0.0421. The molecule has 0 radical (unpaired) electrons. The van der Waals surface area contributed by atoms with Gasteiger partial charge in [-0.1, -0.05) is 12.1 Å². The van der Waals surface area contributed by atoms with Gasteiger partial charge in [0.15, 0.2) is 0 Å². The smallest absolute Gasteiger partial charge is 0.323 e. The van der Waals surface area contributed by atoms with Gasteiger partial charge in [-0.15, -0.1) is 0 Å². The van der Waals surface area contributed by atoms with Crippen molar-refractivity contribution in [1.82, 2.24) is 4.90 Å². The first-order valence-electron chi connectivity index (χ1n) is 7.15. The summed E-state index contributed by atoms with van der Waals surface area (Å²) in [5.41, 5.74) is 0.928. The Morgan fingerprint density at radius 2 is 2.05 bits per heavy atom. The molecular formula is C16H21NO4. The highest BCUT2D eigenvalue weighted by Gasteiger charge is 2.37. The molecule has 0 unspecified atom stereocenters. The number of esters is 1. The standard InChI is InChI=1S/C16H21NO4/c1-11(18)14-4-3-9-17(14)15(16(20)21-2)10-12-5-7-13(19)8-6-12/h5-8,14-15,19H,3-4,9-10H2,1-2H3/t14-,15+/m0/s1. The molecule has 1 aromatic carbocycles. The maximum Gasteiger partial charge on any atom is 0.323 e. The molecule has 1 aliphatic rings. The molecule has 2 rings (SSSR count). The molecule has 114 valence electrons. The molecule has 0 spiro atoms. The number of methoxy groups -OCH3 is 1. The lowest BCUT2D eigenvalue weighted by atomic mass is 10.0. The third-order valence-electron chi connectivity index (χ3n) is 4.00. The van der Waals surface area contributed by atoms with E-state index in [-0.39, 0.29) is 23.5 Å². The van der Waals surface area contributed by atoms with Gasteiger partial charge in [0.25, 0.3) is 0 Å². The molecular weight excluding hydrogens is 270 g/mol. The number of benzene rings is 1. The summed E-state index contributed by atoms with van der Waals surface area (Å²) in [4.78, 5) is 25.8. The third-order valence-corrected chi connectivity index (χ3v) is 4.00. The van der Waals surface area contributed by atoms with E-state index in [4.69, 9.17) is 4.74 Å². The highest BCUT2D eigenvalue weighted by atomic mass is 16.5. The molecule has 1 N–H and O–H groups in total. The highest BCUT2D eigenvalue weighted by molar-refractivity contribution is 5.83. The minimum Gasteiger partial charge on any atom is -0.508 e. The van der Waals surface area contributed by atoms with Crippen LogP contribution >= 0.6 is 0 Å². The Hall–Kier alpha value is -1.88. The lowest BCUT2D eigenvalue weighted by Crippen LogP contribution is -2.48. The molecule has 5 nitrogen and oxygen atoms in total. The highest BCUT2D eigenvalue weighted by Crippen LogP contribution is 2.24. The Morgan fingerprint density at radius 1 is 1.38 bits per heavy atom. The van der Waals surface area contributed by atoms with Gasteiger partial charge in [-0.2, -0.15) is 0 Å². The third kappa shape index (κ3) is 3.61. The van der Waals surface area contributed by atoms with Gasteiger partial charge in [0.1, 0.15) is 17.6 Å². The van der Waals surface area contributed by atoms with Gasteiger partial charge in [0.2, 0.25) is 0 Å². The number of nitrogens with zero attached hydrogens (tertiary/aromatic N) is 1. The molecule has 1 heterocycles. The molecule has 1 fully saturated rings. The first-order chi connectivity index (χ1) is 10.0. The first kappa shape index (κ1) is 15.5. The Labute approximate surface area is 124 Å². The fourth-order valence-corrected chi connectivity index (χ4v) is 2.93. The quantitative estimate of drug-likeness (QED) is 0.833. The molecule has 0 aliphatic carbocycles. The van der Waals surface area contributed by atoms with E-state index in [9.17, 15) is 14.7 Å². The molecule has 1 aliphatic heterocycles. The molecule has 0 bridgehead atoms. The summed E-state index contributed by atoms with van der Waals surface area (Å²) >= 11 is 0. The van der Waals surface area contributed by atoms with Gasteiger partial charge in [0.05, 0.1) is 13.2 Å². The van der Waals surface area contributed by atoms with Crippen molar-refractivity contribution in [2.24, 2.45) is 0 Å². The zero-order valence-electron chi connectivity index (χ0n) is 12.4. The van der Waals surface area contributed by atoms with Gasteiger partial charge in [-0.05, 0) is 50.4 Å². The predicted octanol–water partition coefficient (Wildman–Crippen LogP) is 1.53. The van der Waals surface area contributed by atoms with E-state index in [1.54, 1.807) is 31.2 Å². The zero-order chi connectivity index (χ0) is 15.4. The van der Waals surface area contributed by atoms with E-state index in [1.165, 1.54) is 7.11 Å². The van der Waals surface area contributed by atoms with Crippen LogP contribution in [0.15, 0.2) is 24.3 Å². The van der Waals surface area contributed by atoms with E-state index >= 15 is 0 Å². The summed E-state index contributed by atoms with van der Waals surface area (Å²) in [7, 11) is 1.37. The van der Waals surface area contributed by atoms with Crippen LogP contribution < -0.4 is 0 Å². The number of phenols is 1. The molecule has 5 heteroatoms. The summed E-state index contributed by atoms with van der Waals surface area (Å²) in [5, 5.41) is 9.33. The number of hydrogen-bond donors (Lipinski definition) is 1. The number of ketones is 1. The Kier molecular flexibility index (Phi) is 4.96. The van der Waals surface area contributed by atoms with Gasteiger partial charge in [0, 0.05) is 0 Å². The van der Waals surface area contributed by atoms with Crippen LogP contribution in [0.3, 0.4) is 0 Å². The number of Topliss-reactive ketones (excluding diaryl/α,β-unsaturated/α-hetero) is 1. The SMILES string of the molecule is COC(=O)[C@@H](Cc1ccc(O)cc1)N1CCC[C@H]1C(C)=O. The van der Waals surface area contributed by atoms with E-state index in [2.05, 4.69) is 0 Å². The Morgan fingerprint density at radius 3 is 2.62 bits per heavy atom. The van der Waals surface area contributed by atoms with Crippen LogP contribution in [0.2, 0.25) is 0 Å². The van der Waals surface area contributed by atoms with Gasteiger partial charge in [-0.3, -0.25) is 14.5 Å². The second-order valence-corrected chi connectivity index (χ2v) is 5.42. The van der Waals surface area contributed by atoms with Crippen molar-refractivity contribution in [2.75, 3.05) is 13.7 Å². The number of carbonyl (C=O) groups excluding carboxylic acids is 2. The molecule has 21 heavy (non-hydrogen) atoms. The lowest BCUT2D eigenvalue weighted by Gasteiger charge is -2.30. The van der Waals surface area contributed by atoms with Crippen LogP contribution in [0, 0.1) is 0 Å². The topological polar surface area (TPSA) is 66.8 Å². The van der Waals surface area contributed by atoms with Crippen LogP contribution in [-0.4, -0.2) is 47.5 Å². The maximum atomic E-state index is 12.1. The van der Waals surface area contributed by atoms with E-state index < -0.39 is 6.04 Å². The van der Waals surface area contributed by atoms with Crippen LogP contribution in [0.25, 0.3) is 0 Å². The van der Waals surface area contributed by atoms with Crippen molar-refractivity contribution in [2.45, 2.75) is 38.3 Å². The number of rotatable bonds is 5. The summed E-state index contributed by atoms with van der Waals surface area (Å²) < 4.78 is 4.91. The van der Waals surface area contributed by atoms with Gasteiger partial charge >= 0.3 is 5.97 Å². The number of hydrogen-bond acceptors (Lipinski definition) is 5. The molecule has 0 amide bonds. The number of phenolic OH excluding ortho intramolecular Hbond substituents is 1. The summed E-state index contributed by atoms with van der Waals surface area (Å²) in [6.45, 7) is 2.29. The number of aromatic hydroxyl groups is 1. The Balaban J connectivity index is 2.20. The molecule has 0 saturated carbocycles. The second kappa shape index (κ2) is 6.72. The normalized spacial score (nSPS) is 20.2. The predicted molar refractivity (Wildman–Crippen MR) is 78.0 cm³/mol. The fourth-order valence-electron chi connectivity index (χ4n) is 2.93. The van der Waals surface area contributed by atoms with E-state index in [0.29, 0.717) is 6.42 Å². The monoisotopic (exact) mass is 291 g/mol. The Bertz CT molecular complexity index is 512. The molecule has 1 saturated heterocycles. The maximum absolute atomic E-state index is 12.1. The van der Waals surface area contributed by atoms with Gasteiger partial charge in [-0.25, -0.2) is 0 Å². The minimum atomic E-state index is -0.462. The number of ether oxygens (including phenoxy) is 1. The minimum absolute atomic E-state index is 0.0899. The van der Waals surface area contributed by atoms with Crippen LogP contribution in [0.1, 0.15) is 25.3 Å².